The van der Waals surface area contributed by atoms with E-state index >= 15 is 0 Å². The Morgan fingerprint density at radius 2 is 1.74 bits per heavy atom. The first kappa shape index (κ1) is 13.3. The Balaban J connectivity index is 1.45. The highest BCUT2D eigenvalue weighted by atomic mass is 16.7. The van der Waals surface area contributed by atoms with E-state index in [1.807, 2.05) is 0 Å². The summed E-state index contributed by atoms with van der Waals surface area (Å²) in [5, 5.41) is 3.12. The van der Waals surface area contributed by atoms with Gasteiger partial charge in [-0.3, -0.25) is 4.79 Å². The molecule has 5 heteroatoms. The molecule has 5 nitrogen and oxygen atoms in total. The van der Waals surface area contributed by atoms with E-state index in [2.05, 4.69) is 5.32 Å². The molecule has 0 bridgehead atoms. The Morgan fingerprint density at radius 3 is 2.37 bits per heavy atom. The molecule has 1 aliphatic carbocycles. The topological polar surface area (TPSA) is 56.8 Å². The highest BCUT2D eigenvalue weighted by Crippen LogP contribution is 2.35. The SMILES string of the molecule is O=C(NC1CCC2(CC1)OCCO2)C1CCCCO1. The molecule has 1 spiro atoms. The highest BCUT2D eigenvalue weighted by molar-refractivity contribution is 5.81. The Bertz CT molecular complexity index is 311. The van der Waals surface area contributed by atoms with Gasteiger partial charge >= 0.3 is 0 Å². The monoisotopic (exact) mass is 269 g/mol. The molecule has 2 heterocycles. The second-order valence-electron chi connectivity index (χ2n) is 5.75. The first-order chi connectivity index (χ1) is 9.27. The largest absolute Gasteiger partial charge is 0.368 e. The number of hydrogen-bond donors (Lipinski definition) is 1. The van der Waals surface area contributed by atoms with E-state index in [4.69, 9.17) is 14.2 Å². The molecule has 19 heavy (non-hydrogen) atoms. The zero-order valence-electron chi connectivity index (χ0n) is 11.4. The number of hydrogen-bond acceptors (Lipinski definition) is 4. The molecule has 0 radical (unpaired) electrons. The smallest absolute Gasteiger partial charge is 0.249 e. The maximum atomic E-state index is 12.1. The summed E-state index contributed by atoms with van der Waals surface area (Å²) in [6.07, 6.45) is 6.40. The second kappa shape index (κ2) is 5.77. The summed E-state index contributed by atoms with van der Waals surface area (Å²) in [7, 11) is 0. The van der Waals surface area contributed by atoms with Crippen molar-refractivity contribution >= 4 is 5.91 Å². The molecule has 0 aromatic heterocycles. The van der Waals surface area contributed by atoms with Gasteiger partial charge in [0.25, 0.3) is 0 Å². The lowest BCUT2D eigenvalue weighted by Gasteiger charge is -2.36. The molecule has 1 atom stereocenters. The minimum atomic E-state index is -0.345. The Hall–Kier alpha value is -0.650. The summed E-state index contributed by atoms with van der Waals surface area (Å²) in [6, 6.07) is 0.247. The Kier molecular flexibility index (Phi) is 4.05. The third-order valence-corrected chi connectivity index (χ3v) is 4.38. The summed E-state index contributed by atoms with van der Waals surface area (Å²) >= 11 is 0. The van der Waals surface area contributed by atoms with Crippen molar-refractivity contribution in [1.29, 1.82) is 0 Å². The van der Waals surface area contributed by atoms with Gasteiger partial charge in [0, 0.05) is 25.5 Å². The zero-order valence-corrected chi connectivity index (χ0v) is 11.4. The van der Waals surface area contributed by atoms with Gasteiger partial charge in [0.15, 0.2) is 5.79 Å². The van der Waals surface area contributed by atoms with Crippen LogP contribution in [0.15, 0.2) is 0 Å². The summed E-state index contributed by atoms with van der Waals surface area (Å²) in [6.45, 7) is 2.12. The molecule has 1 saturated carbocycles. The van der Waals surface area contributed by atoms with Crippen LogP contribution in [0, 0.1) is 0 Å². The molecule has 3 aliphatic rings. The van der Waals surface area contributed by atoms with Crippen LogP contribution >= 0.6 is 0 Å². The molecule has 2 saturated heterocycles. The van der Waals surface area contributed by atoms with Gasteiger partial charge in [-0.15, -0.1) is 0 Å². The molecule has 0 aromatic carbocycles. The summed E-state index contributed by atoms with van der Waals surface area (Å²) in [4.78, 5) is 12.1. The molecule has 2 aliphatic heterocycles. The van der Waals surface area contributed by atoms with Crippen LogP contribution in [0.1, 0.15) is 44.9 Å². The lowest BCUT2D eigenvalue weighted by Crippen LogP contribution is -2.47. The van der Waals surface area contributed by atoms with Gasteiger partial charge in [-0.1, -0.05) is 0 Å². The fourth-order valence-electron chi connectivity index (χ4n) is 3.23. The van der Waals surface area contributed by atoms with Crippen LogP contribution in [-0.4, -0.2) is 43.7 Å². The van der Waals surface area contributed by atoms with Crippen molar-refractivity contribution in [1.82, 2.24) is 5.32 Å². The molecule has 0 aromatic rings. The van der Waals surface area contributed by atoms with E-state index in [9.17, 15) is 4.79 Å². The summed E-state index contributed by atoms with van der Waals surface area (Å²) in [5.74, 6) is -0.281. The van der Waals surface area contributed by atoms with E-state index in [1.165, 1.54) is 0 Å². The zero-order chi connectivity index (χ0) is 13.1. The van der Waals surface area contributed by atoms with Crippen molar-refractivity contribution in [2.24, 2.45) is 0 Å². The van der Waals surface area contributed by atoms with Gasteiger partial charge in [-0.25, -0.2) is 0 Å². The fourth-order valence-corrected chi connectivity index (χ4v) is 3.23. The van der Waals surface area contributed by atoms with Crippen LogP contribution in [0.2, 0.25) is 0 Å². The normalized spacial score (nSPS) is 31.5. The summed E-state index contributed by atoms with van der Waals surface area (Å²) < 4.78 is 16.9. The Morgan fingerprint density at radius 1 is 1.00 bits per heavy atom. The average Bonchev–Trinajstić information content (AvgIpc) is 2.91. The maximum Gasteiger partial charge on any atom is 0.249 e. The highest BCUT2D eigenvalue weighted by Gasteiger charge is 2.40. The standard InChI is InChI=1S/C14H23NO4/c16-13(12-3-1-2-8-17-12)15-11-4-6-14(7-5-11)18-9-10-19-14/h11-12H,1-10H2,(H,15,16). The predicted molar refractivity (Wildman–Crippen MR) is 68.6 cm³/mol. The third-order valence-electron chi connectivity index (χ3n) is 4.38. The van der Waals surface area contributed by atoms with Gasteiger partial charge < -0.3 is 19.5 Å². The van der Waals surface area contributed by atoms with Crippen molar-refractivity contribution in [2.45, 2.75) is 62.9 Å². The Labute approximate surface area is 114 Å². The third kappa shape index (κ3) is 3.09. The van der Waals surface area contributed by atoms with Crippen LogP contribution in [0.3, 0.4) is 0 Å². The maximum absolute atomic E-state index is 12.1. The first-order valence-corrected chi connectivity index (χ1v) is 7.47. The van der Waals surface area contributed by atoms with Crippen molar-refractivity contribution in [3.63, 3.8) is 0 Å². The molecule has 1 amide bonds. The van der Waals surface area contributed by atoms with Crippen LogP contribution in [-0.2, 0) is 19.0 Å². The van der Waals surface area contributed by atoms with Crippen molar-refractivity contribution < 1.29 is 19.0 Å². The number of carbonyl (C=O) groups excluding carboxylic acids is 1. The van der Waals surface area contributed by atoms with Crippen molar-refractivity contribution in [2.75, 3.05) is 19.8 Å². The van der Waals surface area contributed by atoms with Crippen LogP contribution < -0.4 is 5.32 Å². The van der Waals surface area contributed by atoms with E-state index < -0.39 is 0 Å². The van der Waals surface area contributed by atoms with Crippen LogP contribution in [0.25, 0.3) is 0 Å². The van der Waals surface area contributed by atoms with E-state index in [0.717, 1.165) is 44.9 Å². The van der Waals surface area contributed by atoms with Crippen molar-refractivity contribution in [3.05, 3.63) is 0 Å². The van der Waals surface area contributed by atoms with Gasteiger partial charge in [0.2, 0.25) is 5.91 Å². The number of amides is 1. The fraction of sp³-hybridized carbons (Fsp3) is 0.929. The number of ether oxygens (including phenoxy) is 3. The van der Waals surface area contributed by atoms with Crippen LogP contribution in [0.4, 0.5) is 0 Å². The van der Waals surface area contributed by atoms with Crippen molar-refractivity contribution in [3.8, 4) is 0 Å². The molecule has 1 unspecified atom stereocenters. The molecule has 1 N–H and O–H groups in total. The van der Waals surface area contributed by atoms with Gasteiger partial charge in [-0.05, 0) is 32.1 Å². The molecule has 3 rings (SSSR count). The number of carbonyl (C=O) groups is 1. The summed E-state index contributed by atoms with van der Waals surface area (Å²) in [5.41, 5.74) is 0. The number of rotatable bonds is 2. The molecule has 3 fully saturated rings. The van der Waals surface area contributed by atoms with E-state index in [-0.39, 0.29) is 23.8 Å². The molecular weight excluding hydrogens is 246 g/mol. The minimum Gasteiger partial charge on any atom is -0.368 e. The molecule has 108 valence electrons. The lowest BCUT2D eigenvalue weighted by molar-refractivity contribution is -0.180. The molecular formula is C14H23NO4. The minimum absolute atomic E-state index is 0.0638. The lowest BCUT2D eigenvalue weighted by atomic mass is 9.90. The van der Waals surface area contributed by atoms with E-state index in [1.54, 1.807) is 0 Å². The second-order valence-corrected chi connectivity index (χ2v) is 5.75. The van der Waals surface area contributed by atoms with Gasteiger partial charge in [0.05, 0.1) is 13.2 Å². The van der Waals surface area contributed by atoms with Gasteiger partial charge in [0.1, 0.15) is 6.10 Å². The van der Waals surface area contributed by atoms with Gasteiger partial charge in [-0.2, -0.15) is 0 Å². The van der Waals surface area contributed by atoms with Crippen LogP contribution in [0.5, 0.6) is 0 Å². The first-order valence-electron chi connectivity index (χ1n) is 7.47. The van der Waals surface area contributed by atoms with E-state index in [0.29, 0.717) is 19.8 Å². The predicted octanol–water partition coefficient (Wildman–Crippen LogP) is 1.36. The quantitative estimate of drug-likeness (QED) is 0.822. The average molecular weight is 269 g/mol. The number of nitrogens with one attached hydrogen (secondary N) is 1.